The van der Waals surface area contributed by atoms with Crippen LogP contribution < -0.4 is 5.32 Å². The lowest BCUT2D eigenvalue weighted by atomic mass is 10.1. The molecule has 0 aliphatic rings. The molecule has 0 saturated carbocycles. The first-order valence-corrected chi connectivity index (χ1v) is 9.00. The molecule has 0 radical (unpaired) electrons. The normalized spacial score (nSPS) is 11.7. The second-order valence-corrected chi connectivity index (χ2v) is 7.12. The lowest BCUT2D eigenvalue weighted by molar-refractivity contribution is 0.0951. The van der Waals surface area contributed by atoms with E-state index in [0.717, 1.165) is 15.3 Å². The van der Waals surface area contributed by atoms with Gasteiger partial charge in [0.25, 0.3) is 5.91 Å². The van der Waals surface area contributed by atoms with Crippen LogP contribution in [-0.4, -0.2) is 11.0 Å². The summed E-state index contributed by atoms with van der Waals surface area (Å²) in [4.78, 5) is 14.0. The number of thiophene rings is 2. The largest absolute Gasteiger partial charge is 0.383 e. The van der Waals surface area contributed by atoms with E-state index in [9.17, 15) is 9.90 Å². The minimum Gasteiger partial charge on any atom is -0.383 e. The summed E-state index contributed by atoms with van der Waals surface area (Å²) in [6.07, 6.45) is -0.627. The molecule has 0 aliphatic carbocycles. The zero-order valence-corrected chi connectivity index (χ0v) is 14.2. The van der Waals surface area contributed by atoms with Gasteiger partial charge in [0.1, 0.15) is 6.10 Å². The number of aliphatic hydroxyl groups excluding tert-OH is 1. The molecule has 2 N–H and O–H groups in total. The maximum Gasteiger partial charge on any atom is 0.251 e. The third-order valence-corrected chi connectivity index (χ3v) is 5.33. The first-order valence-electron chi connectivity index (χ1n) is 7.24. The fourth-order valence-electron chi connectivity index (χ4n) is 2.23. The molecule has 6 heteroatoms. The Morgan fingerprint density at radius 2 is 2.17 bits per heavy atom. The monoisotopic (exact) mass is 354 g/mol. The quantitative estimate of drug-likeness (QED) is 0.734. The van der Waals surface area contributed by atoms with Gasteiger partial charge in [-0.2, -0.15) is 16.6 Å². The van der Waals surface area contributed by atoms with E-state index in [0.29, 0.717) is 17.7 Å². The fraction of sp³-hybridized carbons (Fsp3) is 0.111. The molecule has 1 atom stereocenters. The summed E-state index contributed by atoms with van der Waals surface area (Å²) >= 11 is 3.02. The number of hydrogen-bond acceptors (Lipinski definition) is 5. The molecule has 0 aliphatic heterocycles. The second kappa shape index (κ2) is 7.41. The SMILES string of the molecule is N#Cc1cccc(C(=O)NCc2ccc([C@H](O)c3ccsc3)s2)c1. The van der Waals surface area contributed by atoms with Crippen molar-refractivity contribution in [1.29, 1.82) is 5.26 Å². The molecule has 120 valence electrons. The molecule has 0 spiro atoms. The van der Waals surface area contributed by atoms with Gasteiger partial charge in [0.15, 0.2) is 0 Å². The average molecular weight is 354 g/mol. The molecule has 3 rings (SSSR count). The molecule has 2 aromatic heterocycles. The van der Waals surface area contributed by atoms with Crippen molar-refractivity contribution in [2.24, 2.45) is 0 Å². The van der Waals surface area contributed by atoms with Crippen molar-refractivity contribution < 1.29 is 9.90 Å². The van der Waals surface area contributed by atoms with Gasteiger partial charge < -0.3 is 10.4 Å². The highest BCUT2D eigenvalue weighted by Crippen LogP contribution is 2.29. The summed E-state index contributed by atoms with van der Waals surface area (Å²) in [5.74, 6) is -0.222. The number of carbonyl (C=O) groups is 1. The van der Waals surface area contributed by atoms with Gasteiger partial charge in [-0.15, -0.1) is 11.3 Å². The van der Waals surface area contributed by atoms with Crippen LogP contribution in [0.4, 0.5) is 0 Å². The zero-order valence-electron chi connectivity index (χ0n) is 12.6. The first kappa shape index (κ1) is 16.4. The van der Waals surface area contributed by atoms with Crippen LogP contribution in [0.1, 0.15) is 37.3 Å². The Hall–Kier alpha value is -2.46. The standard InChI is InChI=1S/C18H14N2O2S2/c19-9-12-2-1-3-13(8-12)18(22)20-10-15-4-5-16(24-15)17(21)14-6-7-23-11-14/h1-8,11,17,21H,10H2,(H,20,22)/t17-/m1/s1. The van der Waals surface area contributed by atoms with Gasteiger partial charge in [-0.05, 0) is 52.7 Å². The van der Waals surface area contributed by atoms with Crippen LogP contribution in [0.25, 0.3) is 0 Å². The van der Waals surface area contributed by atoms with Crippen LogP contribution in [-0.2, 0) is 6.54 Å². The van der Waals surface area contributed by atoms with Crippen LogP contribution in [0.15, 0.2) is 53.2 Å². The Kier molecular flexibility index (Phi) is 5.06. The molecule has 0 unspecified atom stereocenters. The summed E-state index contributed by atoms with van der Waals surface area (Å²) in [6.45, 7) is 0.386. The zero-order chi connectivity index (χ0) is 16.9. The fourth-order valence-corrected chi connectivity index (χ4v) is 3.88. The van der Waals surface area contributed by atoms with Crippen LogP contribution >= 0.6 is 22.7 Å². The number of nitrogens with one attached hydrogen (secondary N) is 1. The maximum absolute atomic E-state index is 12.1. The van der Waals surface area contributed by atoms with Gasteiger partial charge in [0.2, 0.25) is 0 Å². The van der Waals surface area contributed by atoms with Crippen LogP contribution in [0.3, 0.4) is 0 Å². The Morgan fingerprint density at radius 1 is 1.29 bits per heavy atom. The highest BCUT2D eigenvalue weighted by molar-refractivity contribution is 7.12. The van der Waals surface area contributed by atoms with E-state index in [1.54, 1.807) is 35.6 Å². The molecule has 0 saturated heterocycles. The average Bonchev–Trinajstić information content (AvgIpc) is 3.31. The van der Waals surface area contributed by atoms with Crippen molar-refractivity contribution in [1.82, 2.24) is 5.32 Å². The molecular weight excluding hydrogens is 340 g/mol. The first-order chi connectivity index (χ1) is 11.7. The Labute approximate surface area is 147 Å². The van der Waals surface area contributed by atoms with Crippen molar-refractivity contribution >= 4 is 28.6 Å². The van der Waals surface area contributed by atoms with E-state index in [2.05, 4.69) is 5.32 Å². The van der Waals surface area contributed by atoms with Gasteiger partial charge >= 0.3 is 0 Å². The Morgan fingerprint density at radius 3 is 2.92 bits per heavy atom. The number of benzene rings is 1. The molecule has 0 fully saturated rings. The molecule has 3 aromatic rings. The maximum atomic E-state index is 12.1. The van der Waals surface area contributed by atoms with Crippen LogP contribution in [0.2, 0.25) is 0 Å². The third kappa shape index (κ3) is 3.71. The van der Waals surface area contributed by atoms with E-state index < -0.39 is 6.10 Å². The number of rotatable bonds is 5. The molecule has 2 heterocycles. The summed E-state index contributed by atoms with van der Waals surface area (Å²) in [7, 11) is 0. The van der Waals surface area contributed by atoms with E-state index in [1.165, 1.54) is 11.3 Å². The summed E-state index contributed by atoms with van der Waals surface area (Å²) < 4.78 is 0. The minimum absolute atomic E-state index is 0.222. The number of aliphatic hydroxyl groups is 1. The highest BCUT2D eigenvalue weighted by atomic mass is 32.1. The Balaban J connectivity index is 1.63. The smallest absolute Gasteiger partial charge is 0.251 e. The number of hydrogen-bond donors (Lipinski definition) is 2. The second-order valence-electron chi connectivity index (χ2n) is 5.14. The molecule has 1 amide bonds. The van der Waals surface area contributed by atoms with Crippen molar-refractivity contribution in [3.8, 4) is 6.07 Å². The van der Waals surface area contributed by atoms with Crippen molar-refractivity contribution in [2.45, 2.75) is 12.6 Å². The molecule has 4 nitrogen and oxygen atoms in total. The number of carbonyl (C=O) groups excluding carboxylic acids is 1. The van der Waals surface area contributed by atoms with Crippen molar-refractivity contribution in [3.63, 3.8) is 0 Å². The predicted octanol–water partition coefficient (Wildman–Crippen LogP) is 3.69. The van der Waals surface area contributed by atoms with Crippen molar-refractivity contribution in [3.05, 3.63) is 79.7 Å². The molecule has 1 aromatic carbocycles. The van der Waals surface area contributed by atoms with Crippen molar-refractivity contribution in [2.75, 3.05) is 0 Å². The van der Waals surface area contributed by atoms with Gasteiger partial charge in [-0.3, -0.25) is 4.79 Å². The van der Waals surface area contributed by atoms with E-state index >= 15 is 0 Å². The topological polar surface area (TPSA) is 73.1 Å². The molecular formula is C18H14N2O2S2. The number of nitrogens with zero attached hydrogens (tertiary/aromatic N) is 1. The summed E-state index contributed by atoms with van der Waals surface area (Å²) in [5, 5.41) is 25.9. The van der Waals surface area contributed by atoms with Gasteiger partial charge in [-0.25, -0.2) is 0 Å². The van der Waals surface area contributed by atoms with E-state index in [1.807, 2.05) is 35.0 Å². The lowest BCUT2D eigenvalue weighted by Crippen LogP contribution is -2.22. The van der Waals surface area contributed by atoms with Gasteiger partial charge in [0, 0.05) is 15.3 Å². The number of amides is 1. The summed E-state index contributed by atoms with van der Waals surface area (Å²) in [6, 6.07) is 14.3. The Bertz CT molecular complexity index is 879. The lowest BCUT2D eigenvalue weighted by Gasteiger charge is -2.06. The minimum atomic E-state index is -0.627. The van der Waals surface area contributed by atoms with Crippen LogP contribution in [0, 0.1) is 11.3 Å². The highest BCUT2D eigenvalue weighted by Gasteiger charge is 2.14. The van der Waals surface area contributed by atoms with E-state index in [-0.39, 0.29) is 5.91 Å². The van der Waals surface area contributed by atoms with E-state index in [4.69, 9.17) is 5.26 Å². The summed E-state index contributed by atoms with van der Waals surface area (Å²) in [5.41, 5.74) is 1.80. The van der Waals surface area contributed by atoms with Crippen LogP contribution in [0.5, 0.6) is 0 Å². The molecule has 24 heavy (non-hydrogen) atoms. The molecule has 0 bridgehead atoms. The third-order valence-electron chi connectivity index (χ3n) is 3.49. The van der Waals surface area contributed by atoms with Gasteiger partial charge in [0.05, 0.1) is 18.2 Å². The predicted molar refractivity (Wildman–Crippen MR) is 95.0 cm³/mol. The number of nitriles is 1. The van der Waals surface area contributed by atoms with Gasteiger partial charge in [-0.1, -0.05) is 6.07 Å².